The molecule has 1 aromatic carbocycles. The van der Waals surface area contributed by atoms with Crippen LogP contribution in [0, 0.1) is 0 Å². The highest BCUT2D eigenvalue weighted by Crippen LogP contribution is 2.25. The molecule has 0 amide bonds. The lowest BCUT2D eigenvalue weighted by Gasteiger charge is -2.18. The average molecular weight is 234 g/mol. The van der Waals surface area contributed by atoms with E-state index in [0.29, 0.717) is 5.56 Å². The van der Waals surface area contributed by atoms with Crippen LogP contribution in [-0.4, -0.2) is 19.0 Å². The standard InChI is InChI=1S/C13H14O4/c1-9(13(15)16-3)12(17-10(2)14)11-7-5-4-6-8-11/h4-8,12H,1H2,2-3H3/t12-/m1/s1. The van der Waals surface area contributed by atoms with E-state index in [1.54, 1.807) is 24.3 Å². The summed E-state index contributed by atoms with van der Waals surface area (Å²) in [6.45, 7) is 4.88. The molecule has 0 saturated carbocycles. The molecule has 0 radical (unpaired) electrons. The lowest BCUT2D eigenvalue weighted by Crippen LogP contribution is -2.17. The van der Waals surface area contributed by atoms with Crippen molar-refractivity contribution in [2.75, 3.05) is 7.11 Å². The molecule has 0 aliphatic rings. The van der Waals surface area contributed by atoms with E-state index in [1.165, 1.54) is 14.0 Å². The van der Waals surface area contributed by atoms with Crippen molar-refractivity contribution in [3.63, 3.8) is 0 Å². The molecule has 1 atom stereocenters. The predicted molar refractivity (Wildman–Crippen MR) is 62.1 cm³/mol. The van der Waals surface area contributed by atoms with Gasteiger partial charge in [0, 0.05) is 6.92 Å². The maximum absolute atomic E-state index is 11.4. The number of carbonyl (C=O) groups is 2. The molecule has 90 valence electrons. The van der Waals surface area contributed by atoms with E-state index in [-0.39, 0.29) is 5.57 Å². The molecule has 4 heteroatoms. The largest absolute Gasteiger partial charge is 0.466 e. The van der Waals surface area contributed by atoms with Crippen molar-refractivity contribution < 1.29 is 19.1 Å². The number of carbonyl (C=O) groups excluding carboxylic acids is 2. The SMILES string of the molecule is C=C(C(=O)OC)[C@@H](OC(C)=O)c1ccccc1. The Balaban J connectivity index is 3.00. The summed E-state index contributed by atoms with van der Waals surface area (Å²) in [5.74, 6) is -1.08. The number of esters is 2. The van der Waals surface area contributed by atoms with Gasteiger partial charge in [-0.25, -0.2) is 4.79 Å². The minimum Gasteiger partial charge on any atom is -0.466 e. The molecule has 17 heavy (non-hydrogen) atoms. The Morgan fingerprint density at radius 1 is 1.24 bits per heavy atom. The van der Waals surface area contributed by atoms with Crippen LogP contribution in [0.5, 0.6) is 0 Å². The molecule has 4 nitrogen and oxygen atoms in total. The van der Waals surface area contributed by atoms with E-state index in [2.05, 4.69) is 11.3 Å². The first kappa shape index (κ1) is 13.0. The summed E-state index contributed by atoms with van der Waals surface area (Å²) >= 11 is 0. The maximum atomic E-state index is 11.4. The van der Waals surface area contributed by atoms with Crippen LogP contribution in [-0.2, 0) is 19.1 Å². The van der Waals surface area contributed by atoms with Gasteiger partial charge in [-0.1, -0.05) is 36.9 Å². The first-order chi connectivity index (χ1) is 8.06. The fraction of sp³-hybridized carbons (Fsp3) is 0.231. The second-order valence-corrected chi connectivity index (χ2v) is 3.42. The molecule has 0 spiro atoms. The fourth-order valence-corrected chi connectivity index (χ4v) is 1.37. The lowest BCUT2D eigenvalue weighted by atomic mass is 10.0. The fourth-order valence-electron chi connectivity index (χ4n) is 1.37. The minimum atomic E-state index is -0.804. The van der Waals surface area contributed by atoms with Crippen LogP contribution in [0.25, 0.3) is 0 Å². The summed E-state index contributed by atoms with van der Waals surface area (Å²) in [5.41, 5.74) is 0.770. The molecule has 0 saturated heterocycles. The van der Waals surface area contributed by atoms with E-state index in [9.17, 15) is 9.59 Å². The van der Waals surface area contributed by atoms with Crippen molar-refractivity contribution in [3.05, 3.63) is 48.0 Å². The van der Waals surface area contributed by atoms with Gasteiger partial charge >= 0.3 is 11.9 Å². The monoisotopic (exact) mass is 234 g/mol. The zero-order chi connectivity index (χ0) is 12.8. The second-order valence-electron chi connectivity index (χ2n) is 3.42. The Labute approximate surface area is 99.8 Å². The number of benzene rings is 1. The molecule has 0 aromatic heterocycles. The van der Waals surface area contributed by atoms with Crippen molar-refractivity contribution in [1.82, 2.24) is 0 Å². The van der Waals surface area contributed by atoms with Crippen molar-refractivity contribution in [3.8, 4) is 0 Å². The summed E-state index contributed by atoms with van der Waals surface area (Å²) in [4.78, 5) is 22.4. The average Bonchev–Trinajstić information content (AvgIpc) is 2.35. The first-order valence-electron chi connectivity index (χ1n) is 5.05. The molecule has 0 N–H and O–H groups in total. The van der Waals surface area contributed by atoms with Crippen LogP contribution < -0.4 is 0 Å². The third kappa shape index (κ3) is 3.45. The van der Waals surface area contributed by atoms with Crippen molar-refractivity contribution >= 4 is 11.9 Å². The van der Waals surface area contributed by atoms with Crippen molar-refractivity contribution in [1.29, 1.82) is 0 Å². The summed E-state index contributed by atoms with van der Waals surface area (Å²) in [6, 6.07) is 8.91. The van der Waals surface area contributed by atoms with E-state index in [4.69, 9.17) is 4.74 Å². The number of hydrogen-bond acceptors (Lipinski definition) is 4. The van der Waals surface area contributed by atoms with Gasteiger partial charge in [-0.15, -0.1) is 0 Å². The highest BCUT2D eigenvalue weighted by Gasteiger charge is 2.24. The zero-order valence-corrected chi connectivity index (χ0v) is 9.80. The van der Waals surface area contributed by atoms with Crippen LogP contribution in [0.3, 0.4) is 0 Å². The third-order valence-corrected chi connectivity index (χ3v) is 2.15. The van der Waals surface area contributed by atoms with Crippen LogP contribution in [0.15, 0.2) is 42.5 Å². The van der Waals surface area contributed by atoms with Gasteiger partial charge in [0.1, 0.15) is 0 Å². The van der Waals surface area contributed by atoms with Gasteiger partial charge in [-0.2, -0.15) is 0 Å². The van der Waals surface area contributed by atoms with E-state index in [1.807, 2.05) is 6.07 Å². The highest BCUT2D eigenvalue weighted by atomic mass is 16.6. The second kappa shape index (κ2) is 5.84. The number of hydrogen-bond donors (Lipinski definition) is 0. The van der Waals surface area contributed by atoms with Crippen molar-refractivity contribution in [2.45, 2.75) is 13.0 Å². The summed E-state index contributed by atoms with van der Waals surface area (Å²) < 4.78 is 9.65. The third-order valence-electron chi connectivity index (χ3n) is 2.15. The number of ether oxygens (including phenoxy) is 2. The van der Waals surface area contributed by atoms with Gasteiger partial charge in [-0.3, -0.25) is 4.79 Å². The molecule has 1 aromatic rings. The van der Waals surface area contributed by atoms with Gasteiger partial charge in [0.15, 0.2) is 6.10 Å². The summed E-state index contributed by atoms with van der Waals surface area (Å²) in [5, 5.41) is 0. The Morgan fingerprint density at radius 3 is 2.29 bits per heavy atom. The van der Waals surface area contributed by atoms with Gasteiger partial charge in [0.25, 0.3) is 0 Å². The molecular formula is C13H14O4. The van der Waals surface area contributed by atoms with Crippen molar-refractivity contribution in [2.24, 2.45) is 0 Å². The number of rotatable bonds is 4. The molecule has 0 aliphatic heterocycles. The van der Waals surface area contributed by atoms with Crippen LogP contribution in [0.4, 0.5) is 0 Å². The molecular weight excluding hydrogens is 220 g/mol. The van der Waals surface area contributed by atoms with Gasteiger partial charge in [-0.05, 0) is 5.56 Å². The zero-order valence-electron chi connectivity index (χ0n) is 9.80. The summed E-state index contributed by atoms with van der Waals surface area (Å²) in [7, 11) is 1.25. The molecule has 0 unspecified atom stereocenters. The lowest BCUT2D eigenvalue weighted by molar-refractivity contribution is -0.147. The topological polar surface area (TPSA) is 52.6 Å². The molecule has 0 bridgehead atoms. The molecule has 0 heterocycles. The highest BCUT2D eigenvalue weighted by molar-refractivity contribution is 5.89. The van der Waals surface area contributed by atoms with Crippen LogP contribution >= 0.6 is 0 Å². The molecule has 0 aliphatic carbocycles. The van der Waals surface area contributed by atoms with Crippen LogP contribution in [0.2, 0.25) is 0 Å². The Bertz CT molecular complexity index is 422. The van der Waals surface area contributed by atoms with Gasteiger partial charge in [0.2, 0.25) is 0 Å². The quantitative estimate of drug-likeness (QED) is 0.590. The first-order valence-corrected chi connectivity index (χ1v) is 5.05. The van der Waals surface area contributed by atoms with Crippen LogP contribution in [0.1, 0.15) is 18.6 Å². The predicted octanol–water partition coefficient (Wildman–Crippen LogP) is 2.02. The Hall–Kier alpha value is -2.10. The van der Waals surface area contributed by atoms with Gasteiger partial charge in [0.05, 0.1) is 12.7 Å². The Kier molecular flexibility index (Phi) is 4.46. The molecule has 1 rings (SSSR count). The maximum Gasteiger partial charge on any atom is 0.337 e. The minimum absolute atomic E-state index is 0.0916. The van der Waals surface area contributed by atoms with E-state index >= 15 is 0 Å². The van der Waals surface area contributed by atoms with Gasteiger partial charge < -0.3 is 9.47 Å². The smallest absolute Gasteiger partial charge is 0.337 e. The Morgan fingerprint density at radius 2 is 1.82 bits per heavy atom. The van der Waals surface area contributed by atoms with E-state index < -0.39 is 18.0 Å². The number of methoxy groups -OCH3 is 1. The van der Waals surface area contributed by atoms with E-state index in [0.717, 1.165) is 0 Å². The molecule has 0 fully saturated rings. The summed E-state index contributed by atoms with van der Waals surface area (Å²) in [6.07, 6.45) is -0.804. The normalized spacial score (nSPS) is 11.4.